The van der Waals surface area contributed by atoms with Crippen molar-refractivity contribution >= 4 is 11.6 Å². The van der Waals surface area contributed by atoms with Crippen molar-refractivity contribution in [3.8, 4) is 5.75 Å². The number of para-hydroxylation sites is 1. The number of carbonyl (C=O) groups excluding carboxylic acids is 1. The third kappa shape index (κ3) is 3.65. The average molecular weight is 358 g/mol. The van der Waals surface area contributed by atoms with Gasteiger partial charge in [-0.05, 0) is 36.8 Å². The van der Waals surface area contributed by atoms with Crippen LogP contribution in [0.5, 0.6) is 5.75 Å². The van der Waals surface area contributed by atoms with E-state index in [0.717, 1.165) is 23.4 Å². The van der Waals surface area contributed by atoms with Gasteiger partial charge in [-0.25, -0.2) is 0 Å². The predicted molar refractivity (Wildman–Crippen MR) is 107 cm³/mol. The maximum absolute atomic E-state index is 12.5. The zero-order chi connectivity index (χ0) is 18.7. The van der Waals surface area contributed by atoms with Gasteiger partial charge in [0.25, 0.3) is 5.91 Å². The molecule has 0 spiro atoms. The zero-order valence-electron chi connectivity index (χ0n) is 15.2. The minimum atomic E-state index is -0.690. The predicted octanol–water partition coefficient (Wildman–Crippen LogP) is 4.34. The van der Waals surface area contributed by atoms with Gasteiger partial charge in [0.15, 0.2) is 0 Å². The van der Waals surface area contributed by atoms with Crippen molar-refractivity contribution in [1.82, 2.24) is 5.32 Å². The lowest BCUT2D eigenvalue weighted by molar-refractivity contribution is 0.0906. The zero-order valence-corrected chi connectivity index (χ0v) is 15.2. The van der Waals surface area contributed by atoms with Gasteiger partial charge in [0, 0.05) is 17.7 Å². The topological polar surface area (TPSA) is 50.4 Å². The number of rotatable bonds is 5. The van der Waals surface area contributed by atoms with Crippen LogP contribution in [-0.4, -0.2) is 12.5 Å². The molecule has 1 heterocycles. The van der Waals surface area contributed by atoms with Crippen molar-refractivity contribution in [3.05, 3.63) is 95.6 Å². The molecule has 27 heavy (non-hydrogen) atoms. The first kappa shape index (κ1) is 17.2. The van der Waals surface area contributed by atoms with Crippen LogP contribution in [0, 0.1) is 0 Å². The number of carbonyl (C=O) groups is 1. The van der Waals surface area contributed by atoms with Gasteiger partial charge in [-0.3, -0.25) is 4.79 Å². The largest absolute Gasteiger partial charge is 0.493 e. The van der Waals surface area contributed by atoms with E-state index < -0.39 is 5.66 Å². The molecule has 2 N–H and O–H groups in total. The monoisotopic (exact) mass is 358 g/mol. The number of amides is 1. The molecule has 0 fully saturated rings. The summed E-state index contributed by atoms with van der Waals surface area (Å²) in [5.41, 5.74) is 3.00. The molecular weight excluding hydrogens is 336 g/mol. The van der Waals surface area contributed by atoms with Gasteiger partial charge < -0.3 is 15.4 Å². The standard InChI is InChI=1S/C23H22N2O2/c1-23(24-21-13-6-5-12-20(21)22(26)25-23)18-10-7-11-19(16-18)27-15-14-17-8-3-2-4-9-17/h2-13,16,24H,14-15H2,1H3,(H,25,26). The normalized spacial score (nSPS) is 18.2. The van der Waals surface area contributed by atoms with Crippen LogP contribution in [0.1, 0.15) is 28.4 Å². The van der Waals surface area contributed by atoms with E-state index in [1.807, 2.05) is 73.7 Å². The fourth-order valence-corrected chi connectivity index (χ4v) is 3.36. The summed E-state index contributed by atoms with van der Waals surface area (Å²) < 4.78 is 5.94. The maximum atomic E-state index is 12.5. The number of fused-ring (bicyclic) bond motifs is 1. The molecule has 0 saturated carbocycles. The Balaban J connectivity index is 1.50. The van der Waals surface area contributed by atoms with E-state index in [2.05, 4.69) is 22.8 Å². The molecule has 0 aliphatic carbocycles. The van der Waals surface area contributed by atoms with Gasteiger partial charge in [-0.2, -0.15) is 0 Å². The number of benzene rings is 3. The molecule has 0 aromatic heterocycles. The molecule has 3 aromatic rings. The van der Waals surface area contributed by atoms with Crippen LogP contribution in [0.2, 0.25) is 0 Å². The van der Waals surface area contributed by atoms with Crippen LogP contribution in [0.25, 0.3) is 0 Å². The van der Waals surface area contributed by atoms with Crippen LogP contribution in [0.3, 0.4) is 0 Å². The molecule has 1 atom stereocenters. The van der Waals surface area contributed by atoms with Gasteiger partial charge in [0.1, 0.15) is 11.4 Å². The Morgan fingerprint density at radius 1 is 0.889 bits per heavy atom. The molecule has 136 valence electrons. The first-order chi connectivity index (χ1) is 13.1. The highest BCUT2D eigenvalue weighted by molar-refractivity contribution is 6.02. The Labute approximate surface area is 159 Å². The fourth-order valence-electron chi connectivity index (χ4n) is 3.36. The van der Waals surface area contributed by atoms with Crippen LogP contribution < -0.4 is 15.4 Å². The summed E-state index contributed by atoms with van der Waals surface area (Å²) in [6.07, 6.45) is 0.852. The number of hydrogen-bond acceptors (Lipinski definition) is 3. The minimum Gasteiger partial charge on any atom is -0.493 e. The molecule has 4 rings (SSSR count). The lowest BCUT2D eigenvalue weighted by atomic mass is 9.96. The SMILES string of the molecule is CC1(c2cccc(OCCc3ccccc3)c2)NC(=O)c2ccccc2N1. The van der Waals surface area contributed by atoms with Crippen LogP contribution in [0.15, 0.2) is 78.9 Å². The molecule has 1 amide bonds. The van der Waals surface area contributed by atoms with E-state index in [0.29, 0.717) is 12.2 Å². The number of hydrogen-bond donors (Lipinski definition) is 2. The summed E-state index contributed by atoms with van der Waals surface area (Å²) in [7, 11) is 0. The highest BCUT2D eigenvalue weighted by Crippen LogP contribution is 2.32. The molecule has 1 unspecified atom stereocenters. The van der Waals surface area contributed by atoms with Crippen LogP contribution in [-0.2, 0) is 12.1 Å². The van der Waals surface area contributed by atoms with Crippen LogP contribution in [0.4, 0.5) is 5.69 Å². The van der Waals surface area contributed by atoms with Gasteiger partial charge in [-0.1, -0.05) is 54.6 Å². The summed E-state index contributed by atoms with van der Waals surface area (Å²) in [5, 5.41) is 6.51. The number of ether oxygens (including phenoxy) is 1. The second kappa shape index (κ2) is 7.16. The molecule has 4 heteroatoms. The summed E-state index contributed by atoms with van der Waals surface area (Å²) in [6.45, 7) is 2.57. The van der Waals surface area contributed by atoms with Crippen molar-refractivity contribution in [3.63, 3.8) is 0 Å². The highest BCUT2D eigenvalue weighted by Gasteiger charge is 2.34. The minimum absolute atomic E-state index is 0.0813. The lowest BCUT2D eigenvalue weighted by Gasteiger charge is -2.38. The molecule has 3 aromatic carbocycles. The van der Waals surface area contributed by atoms with Crippen molar-refractivity contribution in [1.29, 1.82) is 0 Å². The molecular formula is C23H22N2O2. The Morgan fingerprint density at radius 3 is 2.52 bits per heavy atom. The third-order valence-electron chi connectivity index (χ3n) is 4.83. The maximum Gasteiger partial charge on any atom is 0.255 e. The summed E-state index contributed by atoms with van der Waals surface area (Å²) in [4.78, 5) is 12.5. The number of anilines is 1. The van der Waals surface area contributed by atoms with Gasteiger partial charge in [0.05, 0.1) is 12.2 Å². The van der Waals surface area contributed by atoms with Crippen LogP contribution >= 0.6 is 0 Å². The highest BCUT2D eigenvalue weighted by atomic mass is 16.5. The summed E-state index contributed by atoms with van der Waals surface area (Å²) in [5.74, 6) is 0.710. The molecule has 0 bridgehead atoms. The van der Waals surface area contributed by atoms with E-state index in [1.165, 1.54) is 5.56 Å². The van der Waals surface area contributed by atoms with Gasteiger partial charge >= 0.3 is 0 Å². The van der Waals surface area contributed by atoms with Crippen molar-refractivity contribution < 1.29 is 9.53 Å². The smallest absolute Gasteiger partial charge is 0.255 e. The molecule has 1 aliphatic heterocycles. The Bertz CT molecular complexity index is 955. The number of nitrogens with one attached hydrogen (secondary N) is 2. The lowest BCUT2D eigenvalue weighted by Crippen LogP contribution is -2.52. The van der Waals surface area contributed by atoms with Crippen molar-refractivity contribution in [2.24, 2.45) is 0 Å². The molecule has 0 radical (unpaired) electrons. The first-order valence-corrected chi connectivity index (χ1v) is 9.11. The van der Waals surface area contributed by atoms with Crippen molar-refractivity contribution in [2.75, 3.05) is 11.9 Å². The second-order valence-corrected chi connectivity index (χ2v) is 6.86. The van der Waals surface area contributed by atoms with Gasteiger partial charge in [0.2, 0.25) is 0 Å². The Morgan fingerprint density at radius 2 is 1.67 bits per heavy atom. The first-order valence-electron chi connectivity index (χ1n) is 9.11. The quantitative estimate of drug-likeness (QED) is 0.713. The van der Waals surface area contributed by atoms with Gasteiger partial charge in [-0.15, -0.1) is 0 Å². The molecule has 4 nitrogen and oxygen atoms in total. The molecule has 0 saturated heterocycles. The third-order valence-corrected chi connectivity index (χ3v) is 4.83. The second-order valence-electron chi connectivity index (χ2n) is 6.86. The summed E-state index contributed by atoms with van der Waals surface area (Å²) in [6, 6.07) is 25.7. The van der Waals surface area contributed by atoms with E-state index >= 15 is 0 Å². The van der Waals surface area contributed by atoms with Crippen molar-refractivity contribution in [2.45, 2.75) is 19.0 Å². The van der Waals surface area contributed by atoms with E-state index in [9.17, 15) is 4.79 Å². The Kier molecular flexibility index (Phi) is 4.55. The average Bonchev–Trinajstić information content (AvgIpc) is 2.69. The van der Waals surface area contributed by atoms with E-state index in [-0.39, 0.29) is 5.91 Å². The Hall–Kier alpha value is -3.27. The molecule has 1 aliphatic rings. The fraction of sp³-hybridized carbons (Fsp3) is 0.174. The summed E-state index contributed by atoms with van der Waals surface area (Å²) >= 11 is 0. The van der Waals surface area contributed by atoms with E-state index in [4.69, 9.17) is 4.74 Å². The van der Waals surface area contributed by atoms with E-state index in [1.54, 1.807) is 0 Å².